The average Bonchev–Trinajstić information content (AvgIpc) is 3.53. The summed E-state index contributed by atoms with van der Waals surface area (Å²) in [5, 5.41) is -0.112. The van der Waals surface area contributed by atoms with E-state index in [0.717, 1.165) is 83.4 Å². The Kier molecular flexibility index (Phi) is 14.5. The van der Waals surface area contributed by atoms with Crippen LogP contribution in [0.3, 0.4) is 0 Å². The number of rotatable bonds is 16. The molecule has 0 atom stereocenters. The Morgan fingerprint density at radius 1 is 0.600 bits per heavy atom. The zero-order valence-electron chi connectivity index (χ0n) is 35.0. The Morgan fingerprint density at radius 3 is 1.43 bits per heavy atom. The second-order valence-corrected chi connectivity index (χ2v) is 16.9. The van der Waals surface area contributed by atoms with Crippen molar-refractivity contribution in [3.8, 4) is 11.5 Å². The van der Waals surface area contributed by atoms with Gasteiger partial charge in [-0.25, -0.2) is 4.79 Å². The molecule has 1 aliphatic rings. The first-order chi connectivity index (χ1) is 28.7. The number of aryl methyl sites for hydroxylation is 2. The number of carbonyl (C=O) groups is 1. The second kappa shape index (κ2) is 19.4. The molecular weight excluding hydrogens is 834 g/mol. The van der Waals surface area contributed by atoms with Gasteiger partial charge in [0.05, 0.1) is 38.9 Å². The molecule has 10 heteroatoms. The van der Waals surface area contributed by atoms with Gasteiger partial charge < -0.3 is 25.7 Å². The minimum absolute atomic E-state index is 0.00929. The number of fused-ring (bicyclic) bond motifs is 1. The van der Waals surface area contributed by atoms with E-state index in [1.807, 2.05) is 113 Å². The van der Waals surface area contributed by atoms with Crippen molar-refractivity contribution in [2.45, 2.75) is 85.7 Å². The number of nitrogen functional groups attached to an aromatic ring is 2. The van der Waals surface area contributed by atoms with E-state index in [4.69, 9.17) is 72.1 Å². The number of anilines is 2. The molecule has 6 nitrogen and oxygen atoms in total. The lowest BCUT2D eigenvalue weighted by atomic mass is 9.82. The fraction of sp³-hybridized carbons (Fsp3) is 0.300. The van der Waals surface area contributed by atoms with Crippen molar-refractivity contribution in [2.24, 2.45) is 0 Å². The minimum atomic E-state index is -1.74. The van der Waals surface area contributed by atoms with Crippen molar-refractivity contribution < 1.29 is 19.0 Å². The van der Waals surface area contributed by atoms with E-state index in [0.29, 0.717) is 46.9 Å². The maximum atomic E-state index is 14.3. The van der Waals surface area contributed by atoms with Gasteiger partial charge in [-0.15, -0.1) is 0 Å². The topological polar surface area (TPSA) is 96.8 Å². The summed E-state index contributed by atoms with van der Waals surface area (Å²) in [7, 11) is 0. The summed E-state index contributed by atoms with van der Waals surface area (Å²) in [5.41, 5.74) is 21.8. The SMILES string of the molecule is CCCCCOc1ccc(C(=CC2(C=C(c3ccc(OCCCCC)cc3)c3ccc(C)c(C)c3N)OC(=O)c3c(Cl)c(Cl)c(Cl)c(Cl)c32)c2ccc(C)c(C)c2N)cc1. The van der Waals surface area contributed by atoms with Crippen LogP contribution in [0.1, 0.15) is 113 Å². The van der Waals surface area contributed by atoms with Gasteiger partial charge in [-0.05, 0) is 121 Å². The van der Waals surface area contributed by atoms with Gasteiger partial charge in [0.1, 0.15) is 11.5 Å². The molecule has 5 aromatic rings. The molecule has 0 unspecified atom stereocenters. The molecule has 314 valence electrons. The van der Waals surface area contributed by atoms with Crippen LogP contribution in [0.2, 0.25) is 20.1 Å². The zero-order valence-corrected chi connectivity index (χ0v) is 38.1. The van der Waals surface area contributed by atoms with E-state index in [-0.39, 0.29) is 31.2 Å². The van der Waals surface area contributed by atoms with Crippen molar-refractivity contribution >= 4 is 74.9 Å². The molecule has 0 amide bonds. The van der Waals surface area contributed by atoms with Gasteiger partial charge in [0.25, 0.3) is 0 Å². The highest BCUT2D eigenvalue weighted by Gasteiger charge is 2.48. The molecule has 0 aromatic heterocycles. The first kappa shape index (κ1) is 44.9. The second-order valence-electron chi connectivity index (χ2n) is 15.4. The number of ether oxygens (including phenoxy) is 3. The smallest absolute Gasteiger partial charge is 0.341 e. The van der Waals surface area contributed by atoms with Crippen LogP contribution >= 0.6 is 46.4 Å². The van der Waals surface area contributed by atoms with Crippen molar-refractivity contribution in [1.82, 2.24) is 0 Å². The molecule has 1 aliphatic heterocycles. The third-order valence-corrected chi connectivity index (χ3v) is 13.2. The minimum Gasteiger partial charge on any atom is -0.494 e. The number of hydrogen-bond acceptors (Lipinski definition) is 6. The van der Waals surface area contributed by atoms with Crippen molar-refractivity contribution in [3.05, 3.63) is 161 Å². The Morgan fingerprint density at radius 2 is 1.02 bits per heavy atom. The molecule has 5 aromatic carbocycles. The van der Waals surface area contributed by atoms with Crippen molar-refractivity contribution in [3.63, 3.8) is 0 Å². The van der Waals surface area contributed by atoms with E-state index in [1.165, 1.54) is 0 Å². The highest BCUT2D eigenvalue weighted by Crippen LogP contribution is 2.54. The lowest BCUT2D eigenvalue weighted by molar-refractivity contribution is 0.0300. The number of unbranched alkanes of at least 4 members (excludes halogenated alkanes) is 4. The van der Waals surface area contributed by atoms with E-state index in [9.17, 15) is 4.79 Å². The highest BCUT2D eigenvalue weighted by molar-refractivity contribution is 6.53. The lowest BCUT2D eigenvalue weighted by Crippen LogP contribution is -2.23. The third kappa shape index (κ3) is 9.18. The maximum Gasteiger partial charge on any atom is 0.341 e. The number of cyclic esters (lactones) is 1. The molecule has 1 heterocycles. The van der Waals surface area contributed by atoms with Gasteiger partial charge in [-0.1, -0.05) is 134 Å². The first-order valence-electron chi connectivity index (χ1n) is 20.5. The van der Waals surface area contributed by atoms with Crippen molar-refractivity contribution in [1.29, 1.82) is 0 Å². The van der Waals surface area contributed by atoms with Crippen LogP contribution in [0.5, 0.6) is 11.5 Å². The van der Waals surface area contributed by atoms with Gasteiger partial charge in [0.2, 0.25) is 0 Å². The summed E-state index contributed by atoms with van der Waals surface area (Å²) < 4.78 is 18.8. The molecule has 0 bridgehead atoms. The molecule has 0 saturated heterocycles. The van der Waals surface area contributed by atoms with E-state index in [1.54, 1.807) is 0 Å². The predicted molar refractivity (Wildman–Crippen MR) is 251 cm³/mol. The number of esters is 1. The molecular formula is C50H52Cl4N2O4. The first-order valence-corrected chi connectivity index (χ1v) is 22.0. The van der Waals surface area contributed by atoms with Crippen LogP contribution in [-0.2, 0) is 10.3 Å². The normalized spacial score (nSPS) is 15.3. The number of carbonyl (C=O) groups excluding carboxylic acids is 1. The summed E-state index contributed by atoms with van der Waals surface area (Å²) >= 11 is 27.5. The Balaban J connectivity index is 1.69. The third-order valence-electron chi connectivity index (χ3n) is 11.4. The molecule has 6 rings (SSSR count). The fourth-order valence-corrected chi connectivity index (χ4v) is 8.52. The van der Waals surface area contributed by atoms with Crippen LogP contribution in [0.15, 0.2) is 84.9 Å². The largest absolute Gasteiger partial charge is 0.494 e. The Labute approximate surface area is 374 Å². The number of benzene rings is 5. The molecule has 0 aliphatic carbocycles. The standard InChI is InChI=1S/C50H52Cl4N2O4/c1-7-9-11-25-58-35-19-15-33(16-20-35)39(37-23-13-29(3)31(5)47(37)55)27-50(42-41(49(57)60-50)43(51)45(53)46(54)44(42)52)28-40(38-24-14-30(4)32(6)48(38)56)34-17-21-36(22-18-34)59-26-12-10-8-2/h13-24,27-28H,7-12,25-26,55-56H2,1-6H3. The van der Waals surface area contributed by atoms with E-state index < -0.39 is 11.6 Å². The average molecular weight is 887 g/mol. The summed E-state index contributed by atoms with van der Waals surface area (Å²) in [6, 6.07) is 23.6. The highest BCUT2D eigenvalue weighted by atomic mass is 35.5. The molecule has 0 saturated carbocycles. The summed E-state index contributed by atoms with van der Waals surface area (Å²) in [6.07, 6.45) is 10.0. The fourth-order valence-electron chi connectivity index (χ4n) is 7.44. The summed E-state index contributed by atoms with van der Waals surface area (Å²) in [4.78, 5) is 14.3. The number of hydrogen-bond donors (Lipinski definition) is 2. The van der Waals surface area contributed by atoms with Crippen LogP contribution in [0.4, 0.5) is 11.4 Å². The molecule has 60 heavy (non-hydrogen) atoms. The summed E-state index contributed by atoms with van der Waals surface area (Å²) in [5.74, 6) is 0.738. The molecule has 0 spiro atoms. The maximum absolute atomic E-state index is 14.3. The van der Waals surface area contributed by atoms with Gasteiger partial charge in [0.15, 0.2) is 5.60 Å². The molecule has 4 N–H and O–H groups in total. The van der Waals surface area contributed by atoms with Crippen LogP contribution in [0.25, 0.3) is 11.1 Å². The predicted octanol–water partition coefficient (Wildman–Crippen LogP) is 14.5. The number of halogens is 4. The molecule has 0 fully saturated rings. The Bertz CT molecular complexity index is 2330. The van der Waals surface area contributed by atoms with Crippen LogP contribution in [0, 0.1) is 27.7 Å². The lowest BCUT2D eigenvalue weighted by Gasteiger charge is -2.28. The van der Waals surface area contributed by atoms with Gasteiger partial charge in [-0.2, -0.15) is 0 Å². The summed E-state index contributed by atoms with van der Waals surface area (Å²) in [6.45, 7) is 13.5. The van der Waals surface area contributed by atoms with E-state index in [2.05, 4.69) is 13.8 Å². The van der Waals surface area contributed by atoms with Crippen molar-refractivity contribution in [2.75, 3.05) is 24.7 Å². The van der Waals surface area contributed by atoms with Gasteiger partial charge in [-0.3, -0.25) is 0 Å². The quantitative estimate of drug-likeness (QED) is 0.0337. The van der Waals surface area contributed by atoms with Crippen LogP contribution < -0.4 is 20.9 Å². The number of nitrogens with two attached hydrogens (primary N) is 2. The van der Waals surface area contributed by atoms with Crippen LogP contribution in [-0.4, -0.2) is 19.2 Å². The Hall–Kier alpha value is -4.59. The monoisotopic (exact) mass is 884 g/mol. The van der Waals surface area contributed by atoms with E-state index >= 15 is 0 Å². The zero-order chi connectivity index (χ0) is 43.3. The van der Waals surface area contributed by atoms with Gasteiger partial charge in [0, 0.05) is 28.1 Å². The van der Waals surface area contributed by atoms with Gasteiger partial charge >= 0.3 is 5.97 Å². The molecule has 0 radical (unpaired) electrons.